The Labute approximate surface area is 152 Å². The van der Waals surface area contributed by atoms with Gasteiger partial charge in [0.15, 0.2) is 6.10 Å². The molecular weight excluding hydrogens is 332 g/mol. The van der Waals surface area contributed by atoms with E-state index in [9.17, 15) is 9.59 Å². The Balaban J connectivity index is 1.39. The minimum Gasteiger partial charge on any atom is -0.481 e. The largest absolute Gasteiger partial charge is 0.481 e. The van der Waals surface area contributed by atoms with Gasteiger partial charge in [-0.05, 0) is 38.0 Å². The normalized spacial score (nSPS) is 20.6. The Morgan fingerprint density at radius 1 is 1.31 bits per heavy atom. The van der Waals surface area contributed by atoms with E-state index in [0.29, 0.717) is 24.8 Å². The quantitative estimate of drug-likeness (QED) is 0.862. The van der Waals surface area contributed by atoms with Gasteiger partial charge in [-0.2, -0.15) is 0 Å². The second kappa shape index (κ2) is 6.97. The van der Waals surface area contributed by atoms with Crippen molar-refractivity contribution < 1.29 is 14.3 Å². The fourth-order valence-corrected chi connectivity index (χ4v) is 3.73. The number of aliphatic imine (C=N–C) groups is 1. The van der Waals surface area contributed by atoms with Gasteiger partial charge in [0.2, 0.25) is 11.9 Å². The third-order valence-electron chi connectivity index (χ3n) is 5.16. The zero-order valence-corrected chi connectivity index (χ0v) is 15.0. The van der Waals surface area contributed by atoms with Crippen molar-refractivity contribution in [1.29, 1.82) is 0 Å². The van der Waals surface area contributed by atoms with Crippen LogP contribution in [0, 0.1) is 0 Å². The van der Waals surface area contributed by atoms with Crippen LogP contribution < -0.4 is 15.4 Å². The second-order valence-electron chi connectivity index (χ2n) is 7.23. The summed E-state index contributed by atoms with van der Waals surface area (Å²) >= 11 is 0. The van der Waals surface area contributed by atoms with Gasteiger partial charge in [-0.1, -0.05) is 19.3 Å². The maximum atomic E-state index is 12.4. The fraction of sp³-hybridized carbons (Fsp3) is 0.526. The van der Waals surface area contributed by atoms with Gasteiger partial charge in [0.1, 0.15) is 12.3 Å². The van der Waals surface area contributed by atoms with Crippen molar-refractivity contribution in [2.45, 2.75) is 57.7 Å². The monoisotopic (exact) mass is 356 g/mol. The number of guanidine groups is 1. The van der Waals surface area contributed by atoms with Crippen LogP contribution in [-0.2, 0) is 16.1 Å². The first-order valence-corrected chi connectivity index (χ1v) is 9.32. The van der Waals surface area contributed by atoms with E-state index >= 15 is 0 Å². The predicted molar refractivity (Wildman–Crippen MR) is 97.2 cm³/mol. The highest BCUT2D eigenvalue weighted by Crippen LogP contribution is 2.30. The first-order valence-electron chi connectivity index (χ1n) is 9.32. The van der Waals surface area contributed by atoms with Crippen LogP contribution in [0.3, 0.4) is 0 Å². The smallest absolute Gasteiger partial charge is 0.260 e. The van der Waals surface area contributed by atoms with E-state index in [1.54, 1.807) is 6.92 Å². The number of hydrogen-bond donors (Lipinski definition) is 2. The van der Waals surface area contributed by atoms with E-state index in [4.69, 9.17) is 4.74 Å². The SMILES string of the molecule is CC(Oc1ccc2c(c1)CN1CC(=O)NC1=N2)C(=O)NC1CCCCC1. The van der Waals surface area contributed by atoms with E-state index in [2.05, 4.69) is 15.6 Å². The van der Waals surface area contributed by atoms with Crippen LogP contribution in [0.25, 0.3) is 0 Å². The van der Waals surface area contributed by atoms with E-state index in [0.717, 1.165) is 24.1 Å². The molecule has 2 aliphatic heterocycles. The molecule has 7 nitrogen and oxygen atoms in total. The molecule has 0 bridgehead atoms. The Morgan fingerprint density at radius 2 is 2.12 bits per heavy atom. The molecule has 2 heterocycles. The molecule has 2 fully saturated rings. The number of carbonyl (C=O) groups excluding carboxylic acids is 2. The highest BCUT2D eigenvalue weighted by atomic mass is 16.5. The Hall–Kier alpha value is -2.57. The summed E-state index contributed by atoms with van der Waals surface area (Å²) in [4.78, 5) is 30.2. The molecule has 3 aliphatic rings. The summed E-state index contributed by atoms with van der Waals surface area (Å²) in [6, 6.07) is 5.87. The highest BCUT2D eigenvalue weighted by Gasteiger charge is 2.29. The van der Waals surface area contributed by atoms with E-state index in [1.807, 2.05) is 23.1 Å². The average molecular weight is 356 g/mol. The Bertz CT molecular complexity index is 755. The number of hydrogen-bond acceptors (Lipinski definition) is 5. The van der Waals surface area contributed by atoms with Crippen LogP contribution in [0.4, 0.5) is 5.69 Å². The molecular formula is C19H24N4O3. The van der Waals surface area contributed by atoms with Crippen LogP contribution in [0.2, 0.25) is 0 Å². The summed E-state index contributed by atoms with van der Waals surface area (Å²) in [5, 5.41) is 5.85. The lowest BCUT2D eigenvalue weighted by atomic mass is 9.95. The molecule has 1 saturated carbocycles. The maximum absolute atomic E-state index is 12.4. The molecule has 0 aromatic heterocycles. The number of nitrogens with one attached hydrogen (secondary N) is 2. The van der Waals surface area contributed by atoms with Crippen molar-refractivity contribution in [2.24, 2.45) is 4.99 Å². The standard InChI is InChI=1S/C19H24N4O3/c1-12(18(25)20-14-5-3-2-4-6-14)26-15-7-8-16-13(9-15)10-23-11-17(24)22-19(23)21-16/h7-9,12,14H,2-6,10-11H2,1H3,(H,20,25)(H,21,22,24). The molecule has 0 radical (unpaired) electrons. The van der Waals surface area contributed by atoms with Crippen molar-refractivity contribution >= 4 is 23.5 Å². The molecule has 1 saturated heterocycles. The van der Waals surface area contributed by atoms with Crippen molar-refractivity contribution in [3.05, 3.63) is 23.8 Å². The van der Waals surface area contributed by atoms with Gasteiger partial charge < -0.3 is 15.0 Å². The second-order valence-corrected chi connectivity index (χ2v) is 7.23. The van der Waals surface area contributed by atoms with Gasteiger partial charge in [0.05, 0.1) is 5.69 Å². The molecule has 0 spiro atoms. The fourth-order valence-electron chi connectivity index (χ4n) is 3.73. The molecule has 1 aromatic carbocycles. The zero-order chi connectivity index (χ0) is 18.1. The molecule has 26 heavy (non-hydrogen) atoms. The number of benzene rings is 1. The minimum atomic E-state index is -0.548. The van der Waals surface area contributed by atoms with Gasteiger partial charge in [-0.15, -0.1) is 0 Å². The maximum Gasteiger partial charge on any atom is 0.260 e. The van der Waals surface area contributed by atoms with Gasteiger partial charge in [0.25, 0.3) is 5.91 Å². The molecule has 2 amide bonds. The first-order chi connectivity index (χ1) is 12.6. The van der Waals surface area contributed by atoms with Crippen molar-refractivity contribution in [3.8, 4) is 5.75 Å². The summed E-state index contributed by atoms with van der Waals surface area (Å²) in [6.45, 7) is 2.70. The van der Waals surface area contributed by atoms with Crippen LogP contribution in [0.15, 0.2) is 23.2 Å². The van der Waals surface area contributed by atoms with Crippen LogP contribution in [-0.4, -0.2) is 41.4 Å². The molecule has 1 aliphatic carbocycles. The molecule has 1 unspecified atom stereocenters. The third-order valence-corrected chi connectivity index (χ3v) is 5.16. The van der Waals surface area contributed by atoms with Crippen LogP contribution in [0.5, 0.6) is 5.75 Å². The lowest BCUT2D eigenvalue weighted by Gasteiger charge is -2.25. The van der Waals surface area contributed by atoms with Gasteiger partial charge in [-0.25, -0.2) is 4.99 Å². The number of fused-ring (bicyclic) bond motifs is 2. The Kier molecular flexibility index (Phi) is 4.53. The average Bonchev–Trinajstić information content (AvgIpc) is 2.99. The number of carbonyl (C=O) groups is 2. The first kappa shape index (κ1) is 16.9. The summed E-state index contributed by atoms with van der Waals surface area (Å²) < 4.78 is 5.85. The lowest BCUT2D eigenvalue weighted by Crippen LogP contribution is -2.43. The van der Waals surface area contributed by atoms with E-state index in [-0.39, 0.29) is 17.9 Å². The number of ether oxygens (including phenoxy) is 1. The third kappa shape index (κ3) is 3.52. The van der Waals surface area contributed by atoms with E-state index < -0.39 is 6.10 Å². The zero-order valence-electron chi connectivity index (χ0n) is 15.0. The van der Waals surface area contributed by atoms with Gasteiger partial charge in [0, 0.05) is 18.2 Å². The number of rotatable bonds is 4. The minimum absolute atomic E-state index is 0.0407. The van der Waals surface area contributed by atoms with Gasteiger partial charge in [-0.3, -0.25) is 14.9 Å². The topological polar surface area (TPSA) is 83.0 Å². The van der Waals surface area contributed by atoms with Crippen LogP contribution >= 0.6 is 0 Å². The van der Waals surface area contributed by atoms with Crippen molar-refractivity contribution in [3.63, 3.8) is 0 Å². The summed E-state index contributed by atoms with van der Waals surface area (Å²) in [5.41, 5.74) is 1.81. The molecule has 4 rings (SSSR count). The molecule has 1 aromatic rings. The molecule has 7 heteroatoms. The lowest BCUT2D eigenvalue weighted by molar-refractivity contribution is -0.128. The van der Waals surface area contributed by atoms with Crippen molar-refractivity contribution in [1.82, 2.24) is 15.5 Å². The summed E-state index contributed by atoms with van der Waals surface area (Å²) in [6.07, 6.45) is 5.19. The number of amides is 2. The number of nitrogens with zero attached hydrogens (tertiary/aromatic N) is 2. The summed E-state index contributed by atoms with van der Waals surface area (Å²) in [5.74, 6) is 1.15. The van der Waals surface area contributed by atoms with Crippen molar-refractivity contribution in [2.75, 3.05) is 6.54 Å². The predicted octanol–water partition coefficient (Wildman–Crippen LogP) is 1.84. The highest BCUT2D eigenvalue weighted by molar-refractivity contribution is 6.05. The molecule has 138 valence electrons. The Morgan fingerprint density at radius 3 is 2.92 bits per heavy atom. The van der Waals surface area contributed by atoms with Crippen LogP contribution in [0.1, 0.15) is 44.6 Å². The van der Waals surface area contributed by atoms with E-state index in [1.165, 1.54) is 19.3 Å². The molecule has 2 N–H and O–H groups in total. The van der Waals surface area contributed by atoms with Gasteiger partial charge >= 0.3 is 0 Å². The molecule has 1 atom stereocenters. The summed E-state index contributed by atoms with van der Waals surface area (Å²) in [7, 11) is 0.